The van der Waals surface area contributed by atoms with Gasteiger partial charge < -0.3 is 4.98 Å². The highest BCUT2D eigenvalue weighted by Crippen LogP contribution is 2.23. The van der Waals surface area contributed by atoms with Gasteiger partial charge in [0.05, 0.1) is 16.7 Å². The van der Waals surface area contributed by atoms with Gasteiger partial charge in [-0.15, -0.1) is 0 Å². The standard InChI is InChI=1S/C17H12BrClN4O/c1-9-15(16-20-13-7-4-11(19)8-14(13)21-16)17(24)23(22-9)12-5-2-10(18)3-6-12/h2-8,22H,1H3,(H,20,21). The van der Waals surface area contributed by atoms with Crippen LogP contribution >= 0.6 is 27.5 Å². The summed E-state index contributed by atoms with van der Waals surface area (Å²) in [6, 6.07) is 12.9. The SMILES string of the molecule is Cc1[nH]n(-c2ccc(Br)cc2)c(=O)c1-c1nc2ccc(Cl)cc2[nH]1. The minimum absolute atomic E-state index is 0.153. The van der Waals surface area contributed by atoms with Crippen molar-refractivity contribution >= 4 is 38.6 Å². The number of aryl methyl sites for hydroxylation is 1. The normalized spacial score (nSPS) is 11.3. The van der Waals surface area contributed by atoms with E-state index in [1.165, 1.54) is 4.68 Å². The van der Waals surface area contributed by atoms with E-state index in [2.05, 4.69) is 31.0 Å². The third kappa shape index (κ3) is 2.48. The molecular formula is C17H12BrClN4O. The van der Waals surface area contributed by atoms with Crippen molar-refractivity contribution < 1.29 is 0 Å². The van der Waals surface area contributed by atoms with Gasteiger partial charge in [0.25, 0.3) is 5.56 Å². The van der Waals surface area contributed by atoms with Crippen molar-refractivity contribution in [3.8, 4) is 17.1 Å². The van der Waals surface area contributed by atoms with Crippen LogP contribution in [-0.4, -0.2) is 19.7 Å². The molecule has 0 saturated carbocycles. The zero-order valence-corrected chi connectivity index (χ0v) is 14.9. The Balaban J connectivity index is 1.89. The van der Waals surface area contributed by atoms with Crippen LogP contribution in [0.3, 0.4) is 0 Å². The van der Waals surface area contributed by atoms with Crippen LogP contribution < -0.4 is 5.56 Å². The third-order valence-corrected chi connectivity index (χ3v) is 4.60. The van der Waals surface area contributed by atoms with Crippen LogP contribution in [0, 0.1) is 6.92 Å². The Morgan fingerprint density at radius 3 is 2.67 bits per heavy atom. The van der Waals surface area contributed by atoms with Gasteiger partial charge in [0, 0.05) is 15.2 Å². The number of aromatic amines is 2. The van der Waals surface area contributed by atoms with E-state index in [1.54, 1.807) is 12.1 Å². The Morgan fingerprint density at radius 1 is 1.17 bits per heavy atom. The van der Waals surface area contributed by atoms with Gasteiger partial charge in [-0.1, -0.05) is 27.5 Å². The van der Waals surface area contributed by atoms with Crippen molar-refractivity contribution in [3.05, 3.63) is 68.0 Å². The second kappa shape index (κ2) is 5.65. The second-order valence-electron chi connectivity index (χ2n) is 5.48. The molecular weight excluding hydrogens is 392 g/mol. The van der Waals surface area contributed by atoms with E-state index in [-0.39, 0.29) is 5.56 Å². The fourth-order valence-corrected chi connectivity index (χ4v) is 3.13. The number of benzene rings is 2. The van der Waals surface area contributed by atoms with Crippen molar-refractivity contribution in [1.82, 2.24) is 19.7 Å². The number of hydrogen-bond acceptors (Lipinski definition) is 2. The molecule has 0 bridgehead atoms. The highest BCUT2D eigenvalue weighted by molar-refractivity contribution is 9.10. The molecule has 0 atom stereocenters. The van der Waals surface area contributed by atoms with E-state index < -0.39 is 0 Å². The van der Waals surface area contributed by atoms with E-state index in [1.807, 2.05) is 37.3 Å². The molecule has 2 N–H and O–H groups in total. The van der Waals surface area contributed by atoms with Crippen LogP contribution in [0.15, 0.2) is 51.7 Å². The number of rotatable bonds is 2. The maximum absolute atomic E-state index is 12.9. The van der Waals surface area contributed by atoms with E-state index in [9.17, 15) is 4.79 Å². The van der Waals surface area contributed by atoms with E-state index in [0.29, 0.717) is 16.4 Å². The minimum atomic E-state index is -0.153. The summed E-state index contributed by atoms with van der Waals surface area (Å²) in [5.41, 5.74) is 3.44. The van der Waals surface area contributed by atoms with Crippen molar-refractivity contribution in [3.63, 3.8) is 0 Å². The van der Waals surface area contributed by atoms with Crippen LogP contribution in [0.25, 0.3) is 28.1 Å². The smallest absolute Gasteiger partial charge is 0.282 e. The van der Waals surface area contributed by atoms with Gasteiger partial charge in [-0.25, -0.2) is 9.67 Å². The predicted octanol–water partition coefficient (Wildman–Crippen LogP) is 4.43. The van der Waals surface area contributed by atoms with Crippen molar-refractivity contribution in [2.24, 2.45) is 0 Å². The zero-order valence-electron chi connectivity index (χ0n) is 12.6. The summed E-state index contributed by atoms with van der Waals surface area (Å²) in [4.78, 5) is 20.5. The first kappa shape index (κ1) is 15.2. The average Bonchev–Trinajstić information content (AvgIpc) is 3.08. The van der Waals surface area contributed by atoms with Gasteiger partial charge in [-0.05, 0) is 49.4 Å². The highest BCUT2D eigenvalue weighted by atomic mass is 79.9. The number of aromatic nitrogens is 4. The van der Waals surface area contributed by atoms with Crippen molar-refractivity contribution in [1.29, 1.82) is 0 Å². The van der Waals surface area contributed by atoms with Crippen LogP contribution in [0.4, 0.5) is 0 Å². The molecule has 4 aromatic rings. The van der Waals surface area contributed by atoms with Gasteiger partial charge in [-0.2, -0.15) is 0 Å². The molecule has 7 heteroatoms. The molecule has 2 aromatic carbocycles. The monoisotopic (exact) mass is 402 g/mol. The molecule has 0 unspecified atom stereocenters. The number of nitrogens with zero attached hydrogens (tertiary/aromatic N) is 2. The van der Waals surface area contributed by atoms with Crippen LogP contribution in [0.1, 0.15) is 5.69 Å². The highest BCUT2D eigenvalue weighted by Gasteiger charge is 2.17. The van der Waals surface area contributed by atoms with Gasteiger partial charge in [0.15, 0.2) is 0 Å². The number of hydrogen-bond donors (Lipinski definition) is 2. The van der Waals surface area contributed by atoms with Gasteiger partial charge >= 0.3 is 0 Å². The average molecular weight is 404 g/mol. The molecule has 0 spiro atoms. The Labute approximate surface area is 150 Å². The van der Waals surface area contributed by atoms with Crippen molar-refractivity contribution in [2.45, 2.75) is 6.92 Å². The van der Waals surface area contributed by atoms with E-state index in [0.717, 1.165) is 26.9 Å². The summed E-state index contributed by atoms with van der Waals surface area (Å²) in [5.74, 6) is 0.530. The summed E-state index contributed by atoms with van der Waals surface area (Å²) in [7, 11) is 0. The molecule has 24 heavy (non-hydrogen) atoms. The maximum atomic E-state index is 12.9. The lowest BCUT2D eigenvalue weighted by Crippen LogP contribution is -2.15. The Hall–Kier alpha value is -2.31. The van der Waals surface area contributed by atoms with Crippen molar-refractivity contribution in [2.75, 3.05) is 0 Å². The first-order chi connectivity index (χ1) is 11.5. The maximum Gasteiger partial charge on any atom is 0.282 e. The summed E-state index contributed by atoms with van der Waals surface area (Å²) >= 11 is 9.40. The lowest BCUT2D eigenvalue weighted by Gasteiger charge is -2.00. The molecule has 0 saturated heterocycles. The summed E-state index contributed by atoms with van der Waals surface area (Å²) in [6.45, 7) is 1.85. The number of fused-ring (bicyclic) bond motifs is 1. The molecule has 0 amide bonds. The molecule has 4 rings (SSSR count). The van der Waals surface area contributed by atoms with E-state index in [4.69, 9.17) is 11.6 Å². The van der Waals surface area contributed by atoms with Crippen LogP contribution in [0.5, 0.6) is 0 Å². The number of halogens is 2. The Kier molecular flexibility index (Phi) is 3.58. The van der Waals surface area contributed by atoms with Crippen LogP contribution in [0.2, 0.25) is 5.02 Å². The minimum Gasteiger partial charge on any atom is -0.338 e. The topological polar surface area (TPSA) is 66.5 Å². The first-order valence-corrected chi connectivity index (χ1v) is 8.43. The first-order valence-electron chi connectivity index (χ1n) is 7.26. The molecule has 5 nitrogen and oxygen atoms in total. The molecule has 0 radical (unpaired) electrons. The number of nitrogens with one attached hydrogen (secondary N) is 2. The Bertz CT molecular complexity index is 1110. The lowest BCUT2D eigenvalue weighted by molar-refractivity contribution is 0.835. The lowest BCUT2D eigenvalue weighted by atomic mass is 10.2. The van der Waals surface area contributed by atoms with Gasteiger partial charge in [0.1, 0.15) is 11.4 Å². The molecule has 2 heterocycles. The predicted molar refractivity (Wildman–Crippen MR) is 98.9 cm³/mol. The fraction of sp³-hybridized carbons (Fsp3) is 0.0588. The molecule has 0 aliphatic rings. The number of imidazole rings is 1. The molecule has 0 aliphatic carbocycles. The third-order valence-electron chi connectivity index (χ3n) is 3.84. The summed E-state index contributed by atoms with van der Waals surface area (Å²) in [6.07, 6.45) is 0. The van der Waals surface area contributed by atoms with Gasteiger partial charge in [0.2, 0.25) is 0 Å². The van der Waals surface area contributed by atoms with Crippen LogP contribution in [-0.2, 0) is 0 Å². The summed E-state index contributed by atoms with van der Waals surface area (Å²) < 4.78 is 2.47. The summed E-state index contributed by atoms with van der Waals surface area (Å²) in [5, 5.41) is 3.73. The zero-order chi connectivity index (χ0) is 16.8. The largest absolute Gasteiger partial charge is 0.338 e. The van der Waals surface area contributed by atoms with Gasteiger partial charge in [-0.3, -0.25) is 9.89 Å². The molecule has 2 aromatic heterocycles. The fourth-order valence-electron chi connectivity index (χ4n) is 2.70. The quantitative estimate of drug-likeness (QED) is 0.520. The molecule has 0 aliphatic heterocycles. The van der Waals surface area contributed by atoms with E-state index >= 15 is 0 Å². The number of H-pyrrole nitrogens is 2. The molecule has 120 valence electrons. The Morgan fingerprint density at radius 2 is 1.92 bits per heavy atom. The molecule has 0 fully saturated rings. The second-order valence-corrected chi connectivity index (χ2v) is 6.83.